The van der Waals surface area contributed by atoms with Crippen molar-refractivity contribution in [2.75, 3.05) is 5.32 Å². The average Bonchev–Trinajstić information content (AvgIpc) is 2.32. The highest BCUT2D eigenvalue weighted by Crippen LogP contribution is 2.25. The topological polar surface area (TPSA) is 49.3 Å². The van der Waals surface area contributed by atoms with Gasteiger partial charge in [-0.15, -0.1) is 0 Å². The molecule has 0 atom stereocenters. The molecule has 3 nitrogen and oxygen atoms in total. The number of halogens is 1. The Labute approximate surface area is 122 Å². The summed E-state index contributed by atoms with van der Waals surface area (Å²) in [5.74, 6) is -0.874. The van der Waals surface area contributed by atoms with Crippen LogP contribution in [0.25, 0.3) is 0 Å². The van der Waals surface area contributed by atoms with Gasteiger partial charge in [-0.1, -0.05) is 48.0 Å². The fourth-order valence-electron chi connectivity index (χ4n) is 2.64. The Morgan fingerprint density at radius 1 is 1.16 bits per heavy atom. The van der Waals surface area contributed by atoms with Gasteiger partial charge in [0.05, 0.1) is 11.3 Å². The maximum atomic E-state index is 11.2. The van der Waals surface area contributed by atoms with Gasteiger partial charge in [-0.05, 0) is 31.0 Å². The number of aromatic carboxylic acids is 1. The quantitative estimate of drug-likeness (QED) is 0.848. The predicted molar refractivity (Wildman–Crippen MR) is 80.8 cm³/mol. The Bertz CT molecular complexity index is 440. The number of nitrogens with one attached hydrogen (secondary N) is 1. The third kappa shape index (κ3) is 4.23. The van der Waals surface area contributed by atoms with E-state index in [0.717, 1.165) is 23.0 Å². The smallest absolute Gasteiger partial charge is 0.337 e. The number of carboxylic acid groups (broad SMARTS) is 1. The molecule has 0 radical (unpaired) electrons. The normalized spacial score (nSPS) is 17.5. The van der Waals surface area contributed by atoms with Crippen LogP contribution < -0.4 is 5.32 Å². The SMILES string of the molecule is O=C(O)c1ccc(Br)cc1NC1CCCCCCC1. The molecular formula is C15H20BrNO2. The summed E-state index contributed by atoms with van der Waals surface area (Å²) in [5, 5.41) is 12.7. The summed E-state index contributed by atoms with van der Waals surface area (Å²) in [6.07, 6.45) is 8.65. The summed E-state index contributed by atoms with van der Waals surface area (Å²) >= 11 is 3.41. The van der Waals surface area contributed by atoms with Crippen LogP contribution in [0.5, 0.6) is 0 Å². The zero-order chi connectivity index (χ0) is 13.7. The predicted octanol–water partition coefficient (Wildman–Crippen LogP) is 4.67. The highest BCUT2D eigenvalue weighted by molar-refractivity contribution is 9.10. The first kappa shape index (κ1) is 14.4. The number of hydrogen-bond donors (Lipinski definition) is 2. The van der Waals surface area contributed by atoms with Crippen molar-refractivity contribution in [3.63, 3.8) is 0 Å². The molecule has 1 aromatic carbocycles. The Morgan fingerprint density at radius 3 is 2.42 bits per heavy atom. The molecule has 1 saturated carbocycles. The first-order valence-electron chi connectivity index (χ1n) is 6.96. The Balaban J connectivity index is 2.11. The molecule has 0 saturated heterocycles. The van der Waals surface area contributed by atoms with Gasteiger partial charge in [-0.3, -0.25) is 0 Å². The van der Waals surface area contributed by atoms with Crippen molar-refractivity contribution in [1.29, 1.82) is 0 Å². The van der Waals surface area contributed by atoms with Gasteiger partial charge in [0, 0.05) is 10.5 Å². The monoisotopic (exact) mass is 325 g/mol. The number of benzene rings is 1. The third-order valence-electron chi connectivity index (χ3n) is 3.68. The van der Waals surface area contributed by atoms with Crippen molar-refractivity contribution in [2.24, 2.45) is 0 Å². The highest BCUT2D eigenvalue weighted by atomic mass is 79.9. The lowest BCUT2D eigenvalue weighted by molar-refractivity contribution is 0.0698. The molecule has 0 amide bonds. The van der Waals surface area contributed by atoms with Gasteiger partial charge in [0.2, 0.25) is 0 Å². The summed E-state index contributed by atoms with van der Waals surface area (Å²) in [6.45, 7) is 0. The summed E-state index contributed by atoms with van der Waals surface area (Å²) in [6, 6.07) is 5.68. The van der Waals surface area contributed by atoms with Crippen LogP contribution in [0.15, 0.2) is 22.7 Å². The molecule has 1 fully saturated rings. The highest BCUT2D eigenvalue weighted by Gasteiger charge is 2.15. The van der Waals surface area contributed by atoms with E-state index in [4.69, 9.17) is 0 Å². The second kappa shape index (κ2) is 6.94. The lowest BCUT2D eigenvalue weighted by Crippen LogP contribution is -2.22. The van der Waals surface area contributed by atoms with Crippen LogP contribution >= 0.6 is 15.9 Å². The van der Waals surface area contributed by atoms with Crippen molar-refractivity contribution in [2.45, 2.75) is 51.0 Å². The van der Waals surface area contributed by atoms with Crippen LogP contribution in [0.4, 0.5) is 5.69 Å². The van der Waals surface area contributed by atoms with Crippen molar-refractivity contribution in [3.8, 4) is 0 Å². The molecule has 1 aliphatic rings. The molecule has 19 heavy (non-hydrogen) atoms. The fourth-order valence-corrected chi connectivity index (χ4v) is 3.00. The maximum Gasteiger partial charge on any atom is 0.337 e. The summed E-state index contributed by atoms with van der Waals surface area (Å²) in [5.41, 5.74) is 1.08. The van der Waals surface area contributed by atoms with Crippen LogP contribution in [0.2, 0.25) is 0 Å². The molecule has 2 rings (SSSR count). The first-order valence-corrected chi connectivity index (χ1v) is 7.75. The molecule has 0 heterocycles. The van der Waals surface area contributed by atoms with Gasteiger partial charge in [0.15, 0.2) is 0 Å². The maximum absolute atomic E-state index is 11.2. The van der Waals surface area contributed by atoms with Crippen LogP contribution in [-0.2, 0) is 0 Å². The second-order valence-electron chi connectivity index (χ2n) is 5.18. The molecule has 0 spiro atoms. The van der Waals surface area contributed by atoms with E-state index in [0.29, 0.717) is 11.6 Å². The van der Waals surface area contributed by atoms with Crippen molar-refractivity contribution < 1.29 is 9.90 Å². The van der Waals surface area contributed by atoms with E-state index >= 15 is 0 Å². The van der Waals surface area contributed by atoms with Crippen molar-refractivity contribution in [1.82, 2.24) is 0 Å². The van der Waals surface area contributed by atoms with Crippen LogP contribution in [0.1, 0.15) is 55.3 Å². The molecule has 2 N–H and O–H groups in total. The molecule has 0 aliphatic heterocycles. The number of hydrogen-bond acceptors (Lipinski definition) is 2. The zero-order valence-electron chi connectivity index (χ0n) is 11.0. The van der Waals surface area contributed by atoms with E-state index < -0.39 is 5.97 Å². The van der Waals surface area contributed by atoms with E-state index in [1.165, 1.54) is 32.1 Å². The molecule has 0 aromatic heterocycles. The molecule has 0 unspecified atom stereocenters. The number of carbonyl (C=O) groups is 1. The number of carboxylic acids is 1. The van der Waals surface area contributed by atoms with E-state index in [2.05, 4.69) is 21.2 Å². The van der Waals surface area contributed by atoms with Crippen LogP contribution in [0, 0.1) is 0 Å². The van der Waals surface area contributed by atoms with Crippen molar-refractivity contribution >= 4 is 27.6 Å². The summed E-state index contributed by atoms with van der Waals surface area (Å²) in [7, 11) is 0. The van der Waals surface area contributed by atoms with E-state index in [-0.39, 0.29) is 0 Å². The van der Waals surface area contributed by atoms with E-state index in [9.17, 15) is 9.90 Å². The van der Waals surface area contributed by atoms with Gasteiger partial charge in [0.25, 0.3) is 0 Å². The minimum Gasteiger partial charge on any atom is -0.478 e. The second-order valence-corrected chi connectivity index (χ2v) is 6.10. The first-order chi connectivity index (χ1) is 9.16. The number of rotatable bonds is 3. The standard InChI is InChI=1S/C15H20BrNO2/c16-11-8-9-13(15(18)19)14(10-11)17-12-6-4-2-1-3-5-7-12/h8-10,12,17H,1-7H2,(H,18,19). The molecular weight excluding hydrogens is 306 g/mol. The van der Waals surface area contributed by atoms with Crippen molar-refractivity contribution in [3.05, 3.63) is 28.2 Å². The largest absolute Gasteiger partial charge is 0.478 e. The molecule has 1 aliphatic carbocycles. The van der Waals surface area contributed by atoms with E-state index in [1.54, 1.807) is 12.1 Å². The molecule has 104 valence electrons. The summed E-state index contributed by atoms with van der Waals surface area (Å²) in [4.78, 5) is 11.2. The molecule has 1 aromatic rings. The van der Waals surface area contributed by atoms with Gasteiger partial charge < -0.3 is 10.4 Å². The minimum absolute atomic E-state index is 0.352. The number of anilines is 1. The Kier molecular flexibility index (Phi) is 5.25. The third-order valence-corrected chi connectivity index (χ3v) is 4.17. The minimum atomic E-state index is -0.874. The molecule has 0 bridgehead atoms. The molecule has 4 heteroatoms. The van der Waals surface area contributed by atoms with Crippen LogP contribution in [0.3, 0.4) is 0 Å². The van der Waals surface area contributed by atoms with E-state index in [1.807, 2.05) is 6.07 Å². The van der Waals surface area contributed by atoms with Gasteiger partial charge in [-0.25, -0.2) is 4.79 Å². The summed E-state index contributed by atoms with van der Waals surface area (Å²) < 4.78 is 0.908. The fraction of sp³-hybridized carbons (Fsp3) is 0.533. The van der Waals surface area contributed by atoms with Gasteiger partial charge in [-0.2, -0.15) is 0 Å². The zero-order valence-corrected chi connectivity index (χ0v) is 12.6. The lowest BCUT2D eigenvalue weighted by atomic mass is 9.96. The Hall–Kier alpha value is -1.03. The van der Waals surface area contributed by atoms with Gasteiger partial charge in [0.1, 0.15) is 0 Å². The average molecular weight is 326 g/mol. The lowest BCUT2D eigenvalue weighted by Gasteiger charge is -2.23. The Morgan fingerprint density at radius 2 is 1.79 bits per heavy atom. The van der Waals surface area contributed by atoms with Crippen LogP contribution in [-0.4, -0.2) is 17.1 Å². The van der Waals surface area contributed by atoms with Gasteiger partial charge >= 0.3 is 5.97 Å².